The molecule has 0 atom stereocenters. The molecule has 5 rings (SSSR count). The number of aliphatic hydroxyl groups excluding tert-OH is 1. The van der Waals surface area contributed by atoms with Crippen LogP contribution in [0.1, 0.15) is 73.5 Å². The van der Waals surface area contributed by atoms with Crippen LogP contribution in [-0.2, 0) is 0 Å². The van der Waals surface area contributed by atoms with E-state index in [0.29, 0.717) is 22.9 Å². The van der Waals surface area contributed by atoms with Gasteiger partial charge in [-0.15, -0.1) is 0 Å². The lowest BCUT2D eigenvalue weighted by atomic mass is 9.88. The Labute approximate surface area is 181 Å². The molecule has 7 heteroatoms. The van der Waals surface area contributed by atoms with Crippen LogP contribution < -0.4 is 5.56 Å². The molecule has 1 aliphatic heterocycles. The number of aliphatic hydroxyl groups is 1. The Hall–Kier alpha value is -2.67. The van der Waals surface area contributed by atoms with Crippen molar-refractivity contribution in [1.82, 2.24) is 19.3 Å². The highest BCUT2D eigenvalue weighted by molar-refractivity contribution is 5.97. The van der Waals surface area contributed by atoms with Crippen LogP contribution in [0.2, 0.25) is 0 Å². The zero-order valence-corrected chi connectivity index (χ0v) is 17.8. The van der Waals surface area contributed by atoms with Crippen LogP contribution in [0, 0.1) is 5.92 Å². The molecule has 2 fully saturated rings. The fraction of sp³-hybridized carbons (Fsp3) is 0.542. The fourth-order valence-corrected chi connectivity index (χ4v) is 5.36. The van der Waals surface area contributed by atoms with Crippen molar-refractivity contribution in [2.75, 3.05) is 19.7 Å². The van der Waals surface area contributed by atoms with Crippen LogP contribution in [0.15, 0.2) is 29.2 Å². The molecule has 2 aromatic heterocycles. The van der Waals surface area contributed by atoms with E-state index in [2.05, 4.69) is 9.97 Å². The second-order valence-corrected chi connectivity index (χ2v) is 9.11. The number of piperidine rings is 1. The topological polar surface area (TPSA) is 90.7 Å². The van der Waals surface area contributed by atoms with Crippen molar-refractivity contribution in [3.8, 4) is 0 Å². The predicted molar refractivity (Wildman–Crippen MR) is 119 cm³/mol. The molecule has 31 heavy (non-hydrogen) atoms. The lowest BCUT2D eigenvalue weighted by Gasteiger charge is -2.32. The summed E-state index contributed by atoms with van der Waals surface area (Å²) in [7, 11) is 0. The maximum atomic E-state index is 13.2. The monoisotopic (exact) mass is 422 g/mol. The van der Waals surface area contributed by atoms with Crippen LogP contribution in [0.5, 0.6) is 0 Å². The maximum Gasteiger partial charge on any atom is 0.274 e. The van der Waals surface area contributed by atoms with Gasteiger partial charge in [-0.05, 0) is 56.2 Å². The van der Waals surface area contributed by atoms with Crippen LogP contribution in [0.4, 0.5) is 0 Å². The molecular formula is C24H30N4O3. The molecule has 1 saturated carbocycles. The number of likely N-dealkylation sites (tertiary alicyclic amines) is 1. The largest absolute Gasteiger partial charge is 0.396 e. The first-order chi connectivity index (χ1) is 15.2. The number of fused-ring (bicyclic) bond motifs is 3. The summed E-state index contributed by atoms with van der Waals surface area (Å²) in [5.41, 5.74) is 2.61. The van der Waals surface area contributed by atoms with Gasteiger partial charge < -0.3 is 15.0 Å². The second kappa shape index (κ2) is 8.46. The van der Waals surface area contributed by atoms with Gasteiger partial charge in [0.2, 0.25) is 0 Å². The Morgan fingerprint density at radius 1 is 1.10 bits per heavy atom. The van der Waals surface area contributed by atoms with Crippen LogP contribution in [0.25, 0.3) is 16.6 Å². The number of aromatic amines is 1. The van der Waals surface area contributed by atoms with Gasteiger partial charge in [0.15, 0.2) is 0 Å². The van der Waals surface area contributed by atoms with E-state index in [1.165, 1.54) is 19.3 Å². The summed E-state index contributed by atoms with van der Waals surface area (Å²) in [5.74, 6) is 1.83. The number of nitrogens with one attached hydrogen (secondary N) is 1. The quantitative estimate of drug-likeness (QED) is 0.674. The highest BCUT2D eigenvalue weighted by Crippen LogP contribution is 2.33. The van der Waals surface area contributed by atoms with Gasteiger partial charge in [-0.2, -0.15) is 0 Å². The van der Waals surface area contributed by atoms with E-state index >= 15 is 0 Å². The highest BCUT2D eigenvalue weighted by atomic mass is 16.3. The Morgan fingerprint density at radius 2 is 1.87 bits per heavy atom. The number of amides is 1. The second-order valence-electron chi connectivity index (χ2n) is 9.11. The summed E-state index contributed by atoms with van der Waals surface area (Å²) in [6.07, 6.45) is 10.2. The molecule has 1 amide bonds. The SMILES string of the molecule is O=C(c1ccc2[nH]c(=O)c3cnc(C4CCCCC4)n3c2c1)N1CCC(CCO)CC1. The van der Waals surface area contributed by atoms with E-state index in [1.54, 1.807) is 6.20 Å². The summed E-state index contributed by atoms with van der Waals surface area (Å²) in [5, 5.41) is 9.16. The summed E-state index contributed by atoms with van der Waals surface area (Å²) < 4.78 is 1.98. The first-order valence-electron chi connectivity index (χ1n) is 11.6. The molecule has 2 aliphatic rings. The van der Waals surface area contributed by atoms with Crippen LogP contribution >= 0.6 is 0 Å². The van der Waals surface area contributed by atoms with Crippen molar-refractivity contribution in [1.29, 1.82) is 0 Å². The van der Waals surface area contributed by atoms with E-state index in [-0.39, 0.29) is 18.1 Å². The first-order valence-corrected chi connectivity index (χ1v) is 11.6. The molecule has 3 heterocycles. The molecule has 164 valence electrons. The summed E-state index contributed by atoms with van der Waals surface area (Å²) in [4.78, 5) is 35.4. The van der Waals surface area contributed by atoms with Gasteiger partial charge in [0.05, 0.1) is 17.2 Å². The molecule has 3 aromatic rings. The van der Waals surface area contributed by atoms with Crippen molar-refractivity contribution in [3.05, 3.63) is 46.1 Å². The summed E-state index contributed by atoms with van der Waals surface area (Å²) in [6.45, 7) is 1.66. The molecular weight excluding hydrogens is 392 g/mol. The smallest absolute Gasteiger partial charge is 0.274 e. The maximum absolute atomic E-state index is 13.2. The van der Waals surface area contributed by atoms with Crippen molar-refractivity contribution in [2.45, 2.75) is 57.3 Å². The van der Waals surface area contributed by atoms with Gasteiger partial charge in [-0.25, -0.2) is 4.98 Å². The number of hydrogen-bond acceptors (Lipinski definition) is 4. The Morgan fingerprint density at radius 3 is 2.61 bits per heavy atom. The van der Waals surface area contributed by atoms with Crippen molar-refractivity contribution >= 4 is 22.5 Å². The molecule has 0 spiro atoms. The minimum absolute atomic E-state index is 0.0306. The Balaban J connectivity index is 1.52. The van der Waals surface area contributed by atoms with E-state index in [0.717, 1.165) is 62.1 Å². The average Bonchev–Trinajstić information content (AvgIpc) is 3.26. The van der Waals surface area contributed by atoms with Crippen molar-refractivity contribution in [2.24, 2.45) is 5.92 Å². The van der Waals surface area contributed by atoms with Crippen LogP contribution in [-0.4, -0.2) is 50.0 Å². The van der Waals surface area contributed by atoms with E-state index in [9.17, 15) is 9.59 Å². The third kappa shape index (κ3) is 3.76. The number of benzene rings is 1. The number of imidazole rings is 1. The third-order valence-corrected chi connectivity index (χ3v) is 7.16. The summed E-state index contributed by atoms with van der Waals surface area (Å²) in [6, 6.07) is 5.56. The minimum Gasteiger partial charge on any atom is -0.396 e. The number of aromatic nitrogens is 3. The Bertz CT molecular complexity index is 1150. The molecule has 0 radical (unpaired) electrons. The molecule has 2 N–H and O–H groups in total. The van der Waals surface area contributed by atoms with Crippen molar-refractivity contribution < 1.29 is 9.90 Å². The number of hydrogen-bond donors (Lipinski definition) is 2. The number of H-pyrrole nitrogens is 1. The molecule has 1 aromatic carbocycles. The average molecular weight is 423 g/mol. The number of rotatable bonds is 4. The first kappa shape index (κ1) is 20.2. The van der Waals surface area contributed by atoms with Gasteiger partial charge >= 0.3 is 0 Å². The number of carbonyl (C=O) groups is 1. The molecule has 1 aliphatic carbocycles. The molecule has 0 unspecified atom stereocenters. The minimum atomic E-state index is -0.146. The Kier molecular flexibility index (Phi) is 5.52. The zero-order valence-electron chi connectivity index (χ0n) is 17.8. The number of carbonyl (C=O) groups excluding carboxylic acids is 1. The highest BCUT2D eigenvalue weighted by Gasteiger charge is 2.25. The lowest BCUT2D eigenvalue weighted by molar-refractivity contribution is 0.0678. The summed E-state index contributed by atoms with van der Waals surface area (Å²) >= 11 is 0. The lowest BCUT2D eigenvalue weighted by Crippen LogP contribution is -2.38. The van der Waals surface area contributed by atoms with Gasteiger partial charge in [0.25, 0.3) is 11.5 Å². The van der Waals surface area contributed by atoms with Gasteiger partial charge in [-0.3, -0.25) is 14.0 Å². The zero-order chi connectivity index (χ0) is 21.4. The van der Waals surface area contributed by atoms with Gasteiger partial charge in [-0.1, -0.05) is 19.3 Å². The molecule has 7 nitrogen and oxygen atoms in total. The third-order valence-electron chi connectivity index (χ3n) is 7.16. The van der Waals surface area contributed by atoms with Gasteiger partial charge in [0.1, 0.15) is 11.3 Å². The predicted octanol–water partition coefficient (Wildman–Crippen LogP) is 3.46. The normalized spacial score (nSPS) is 18.8. The number of nitrogens with zero attached hydrogens (tertiary/aromatic N) is 3. The molecule has 0 bridgehead atoms. The van der Waals surface area contributed by atoms with Crippen molar-refractivity contribution in [3.63, 3.8) is 0 Å². The van der Waals surface area contributed by atoms with Crippen LogP contribution in [0.3, 0.4) is 0 Å². The van der Waals surface area contributed by atoms with E-state index < -0.39 is 0 Å². The van der Waals surface area contributed by atoms with E-state index in [1.807, 2.05) is 27.5 Å². The molecule has 1 saturated heterocycles. The standard InChI is InChI=1S/C24H30N4O3/c29-13-10-16-8-11-27(12-9-16)24(31)18-6-7-19-20(14-18)28-21(23(30)26-19)15-25-22(28)17-4-2-1-3-5-17/h6-7,14-17,29H,1-5,8-13H2,(H,26,30). The fourth-order valence-electron chi connectivity index (χ4n) is 5.36. The van der Waals surface area contributed by atoms with Gasteiger partial charge in [0, 0.05) is 31.2 Å². The van der Waals surface area contributed by atoms with E-state index in [4.69, 9.17) is 5.11 Å².